The maximum atomic E-state index is 13.4. The third kappa shape index (κ3) is 3.96. The van der Waals surface area contributed by atoms with Crippen LogP contribution in [-0.2, 0) is 22.6 Å². The first-order valence-corrected chi connectivity index (χ1v) is 8.07. The van der Waals surface area contributed by atoms with Crippen molar-refractivity contribution < 1.29 is 18.7 Å². The van der Waals surface area contributed by atoms with Gasteiger partial charge in [-0.05, 0) is 35.7 Å². The molecule has 1 aliphatic rings. The Morgan fingerprint density at radius 1 is 1.24 bits per heavy atom. The molecule has 0 aromatic heterocycles. The summed E-state index contributed by atoms with van der Waals surface area (Å²) >= 11 is 0. The molecule has 0 saturated carbocycles. The molecule has 2 aromatic rings. The predicted molar refractivity (Wildman–Crippen MR) is 91.9 cm³/mol. The Morgan fingerprint density at radius 3 is 2.84 bits per heavy atom. The van der Waals surface area contributed by atoms with Gasteiger partial charge in [-0.25, -0.2) is 4.39 Å². The molecule has 6 heteroatoms. The molecule has 2 aromatic carbocycles. The lowest BCUT2D eigenvalue weighted by Gasteiger charge is -2.26. The van der Waals surface area contributed by atoms with Crippen molar-refractivity contribution in [1.82, 2.24) is 5.32 Å². The summed E-state index contributed by atoms with van der Waals surface area (Å²) in [6.45, 7) is 0.105. The summed E-state index contributed by atoms with van der Waals surface area (Å²) in [6, 6.07) is 11.7. The molecule has 1 aliphatic heterocycles. The van der Waals surface area contributed by atoms with Gasteiger partial charge in [0.05, 0.1) is 0 Å². The van der Waals surface area contributed by atoms with Crippen molar-refractivity contribution in [2.75, 3.05) is 18.6 Å². The average Bonchev–Trinajstić information content (AvgIpc) is 2.62. The number of fused-ring (bicyclic) bond motifs is 1. The number of para-hydroxylation sites is 1. The van der Waals surface area contributed by atoms with Crippen molar-refractivity contribution in [2.24, 2.45) is 0 Å². The third-order valence-corrected chi connectivity index (χ3v) is 4.17. The number of benzene rings is 2. The van der Waals surface area contributed by atoms with E-state index >= 15 is 0 Å². The fraction of sp³-hybridized carbons (Fsp3) is 0.263. The van der Waals surface area contributed by atoms with Crippen molar-refractivity contribution in [1.29, 1.82) is 0 Å². The fourth-order valence-corrected chi connectivity index (χ4v) is 2.78. The Morgan fingerprint density at radius 2 is 2.04 bits per heavy atom. The summed E-state index contributed by atoms with van der Waals surface area (Å²) in [5.41, 5.74) is 2.95. The number of nitrogens with zero attached hydrogens (tertiary/aromatic N) is 1. The van der Waals surface area contributed by atoms with E-state index in [-0.39, 0.29) is 24.2 Å². The number of hydrogen-bond acceptors (Lipinski definition) is 3. The maximum absolute atomic E-state index is 13.4. The van der Waals surface area contributed by atoms with Gasteiger partial charge < -0.3 is 15.0 Å². The molecule has 0 spiro atoms. The average molecular weight is 342 g/mol. The molecule has 1 N–H and O–H groups in total. The number of ether oxygens (including phenoxy) is 1. The Hall–Kier alpha value is -2.89. The molecule has 0 atom stereocenters. The fourth-order valence-electron chi connectivity index (χ4n) is 2.78. The summed E-state index contributed by atoms with van der Waals surface area (Å²) in [7, 11) is 1.77. The van der Waals surface area contributed by atoms with Gasteiger partial charge in [0, 0.05) is 25.7 Å². The van der Waals surface area contributed by atoms with Crippen molar-refractivity contribution in [3.05, 3.63) is 59.4 Å². The number of carbonyl (C=O) groups is 2. The van der Waals surface area contributed by atoms with Crippen LogP contribution in [0, 0.1) is 5.82 Å². The molecule has 0 fully saturated rings. The highest BCUT2D eigenvalue weighted by Crippen LogP contribution is 2.27. The summed E-state index contributed by atoms with van der Waals surface area (Å²) in [4.78, 5) is 25.2. The van der Waals surface area contributed by atoms with E-state index in [9.17, 15) is 14.0 Å². The molecule has 3 rings (SSSR count). The third-order valence-electron chi connectivity index (χ3n) is 4.17. The number of anilines is 1. The second-order valence-corrected chi connectivity index (χ2v) is 5.91. The number of nitrogens with one attached hydrogen (secondary N) is 1. The number of hydrogen-bond donors (Lipinski definition) is 1. The Labute approximate surface area is 145 Å². The largest absolute Gasteiger partial charge is 0.481 e. The normalized spacial score (nSPS) is 13.4. The van der Waals surface area contributed by atoms with Crippen LogP contribution < -0.4 is 15.0 Å². The van der Waals surface area contributed by atoms with Crippen LogP contribution in [0.15, 0.2) is 42.5 Å². The Kier molecular flexibility index (Phi) is 4.97. The quantitative estimate of drug-likeness (QED) is 0.908. The zero-order valence-corrected chi connectivity index (χ0v) is 13.9. The second kappa shape index (κ2) is 7.34. The van der Waals surface area contributed by atoms with Gasteiger partial charge in [0.2, 0.25) is 5.91 Å². The smallest absolute Gasteiger partial charge is 0.258 e. The van der Waals surface area contributed by atoms with E-state index in [1.54, 1.807) is 24.1 Å². The molecule has 0 bridgehead atoms. The van der Waals surface area contributed by atoms with E-state index in [1.807, 2.05) is 18.2 Å². The molecule has 0 unspecified atom stereocenters. The van der Waals surface area contributed by atoms with Crippen molar-refractivity contribution in [3.8, 4) is 5.75 Å². The van der Waals surface area contributed by atoms with Gasteiger partial charge in [0.1, 0.15) is 0 Å². The SMILES string of the molecule is CN1C(=O)CCc2cc(CNC(=O)COc3ccccc3F)ccc21. The number of amides is 2. The number of rotatable bonds is 5. The zero-order valence-electron chi connectivity index (χ0n) is 13.9. The van der Waals surface area contributed by atoms with Gasteiger partial charge in [-0.2, -0.15) is 0 Å². The molecule has 25 heavy (non-hydrogen) atoms. The van der Waals surface area contributed by atoms with E-state index in [0.29, 0.717) is 19.4 Å². The van der Waals surface area contributed by atoms with E-state index in [0.717, 1.165) is 16.8 Å². The highest BCUT2D eigenvalue weighted by Gasteiger charge is 2.20. The first-order valence-electron chi connectivity index (χ1n) is 8.07. The molecule has 130 valence electrons. The highest BCUT2D eigenvalue weighted by molar-refractivity contribution is 5.95. The molecule has 2 amide bonds. The Balaban J connectivity index is 1.54. The summed E-state index contributed by atoms with van der Waals surface area (Å²) in [5, 5.41) is 2.75. The van der Waals surface area contributed by atoms with Crippen LogP contribution in [0.2, 0.25) is 0 Å². The lowest BCUT2D eigenvalue weighted by molar-refractivity contribution is -0.123. The van der Waals surface area contributed by atoms with E-state index in [2.05, 4.69) is 5.32 Å². The molecule has 0 aliphatic carbocycles. The van der Waals surface area contributed by atoms with Gasteiger partial charge in [-0.15, -0.1) is 0 Å². The summed E-state index contributed by atoms with van der Waals surface area (Å²) < 4.78 is 18.6. The lowest BCUT2D eigenvalue weighted by Crippen LogP contribution is -2.31. The molecule has 1 heterocycles. The van der Waals surface area contributed by atoms with Gasteiger partial charge in [0.15, 0.2) is 18.2 Å². The molecule has 5 nitrogen and oxygen atoms in total. The summed E-state index contributed by atoms with van der Waals surface area (Å²) in [6.07, 6.45) is 1.20. The molecular formula is C19H19FN2O3. The maximum Gasteiger partial charge on any atom is 0.258 e. The van der Waals surface area contributed by atoms with Gasteiger partial charge in [-0.1, -0.05) is 24.3 Å². The lowest BCUT2D eigenvalue weighted by atomic mass is 9.99. The minimum Gasteiger partial charge on any atom is -0.481 e. The van der Waals surface area contributed by atoms with Crippen molar-refractivity contribution in [2.45, 2.75) is 19.4 Å². The van der Waals surface area contributed by atoms with Crippen LogP contribution >= 0.6 is 0 Å². The van der Waals surface area contributed by atoms with Gasteiger partial charge >= 0.3 is 0 Å². The monoisotopic (exact) mass is 342 g/mol. The van der Waals surface area contributed by atoms with Crippen LogP contribution in [0.5, 0.6) is 5.75 Å². The van der Waals surface area contributed by atoms with Crippen molar-refractivity contribution >= 4 is 17.5 Å². The molecule has 0 radical (unpaired) electrons. The van der Waals surface area contributed by atoms with E-state index in [1.165, 1.54) is 12.1 Å². The van der Waals surface area contributed by atoms with Crippen LogP contribution in [0.1, 0.15) is 17.5 Å². The van der Waals surface area contributed by atoms with E-state index in [4.69, 9.17) is 4.74 Å². The number of carbonyl (C=O) groups excluding carboxylic acids is 2. The molecule has 0 saturated heterocycles. The summed E-state index contributed by atoms with van der Waals surface area (Å²) in [5.74, 6) is -0.657. The number of halogens is 1. The standard InChI is InChI=1S/C19H19FN2O3/c1-22-16-8-6-13(10-14(16)7-9-19(22)24)11-21-18(23)12-25-17-5-3-2-4-15(17)20/h2-6,8,10H,7,9,11-12H2,1H3,(H,21,23). The van der Waals surface area contributed by atoms with Crippen LogP contribution in [0.3, 0.4) is 0 Å². The van der Waals surface area contributed by atoms with Crippen molar-refractivity contribution in [3.63, 3.8) is 0 Å². The minimum absolute atomic E-state index is 0.0548. The molecular weight excluding hydrogens is 323 g/mol. The van der Waals surface area contributed by atoms with Gasteiger partial charge in [-0.3, -0.25) is 9.59 Å². The zero-order chi connectivity index (χ0) is 17.8. The van der Waals surface area contributed by atoms with Crippen LogP contribution in [-0.4, -0.2) is 25.5 Å². The van der Waals surface area contributed by atoms with Crippen LogP contribution in [0.4, 0.5) is 10.1 Å². The number of aryl methyl sites for hydroxylation is 1. The first kappa shape index (κ1) is 17.0. The van der Waals surface area contributed by atoms with E-state index < -0.39 is 5.82 Å². The minimum atomic E-state index is -0.497. The second-order valence-electron chi connectivity index (χ2n) is 5.91. The predicted octanol–water partition coefficient (Wildman–Crippen LogP) is 2.43. The van der Waals surface area contributed by atoms with Gasteiger partial charge in [0.25, 0.3) is 5.91 Å². The first-order chi connectivity index (χ1) is 12.0. The topological polar surface area (TPSA) is 58.6 Å². The van der Waals surface area contributed by atoms with Crippen LogP contribution in [0.25, 0.3) is 0 Å². The highest BCUT2D eigenvalue weighted by atomic mass is 19.1. The Bertz CT molecular complexity index is 807.